The van der Waals surface area contributed by atoms with Crippen molar-refractivity contribution in [2.45, 2.75) is 38.6 Å². The van der Waals surface area contributed by atoms with Gasteiger partial charge in [-0.05, 0) is 21.8 Å². The molecule has 0 N–H and O–H groups in total. The lowest BCUT2D eigenvalue weighted by Gasteiger charge is -2.43. The maximum absolute atomic E-state index is 8.49. The third kappa shape index (κ3) is 3.75. The molecule has 23 heavy (non-hydrogen) atoms. The van der Waals surface area contributed by atoms with Crippen LogP contribution in [0.3, 0.4) is 0 Å². The molecule has 0 aliphatic rings. The first-order chi connectivity index (χ1) is 13.2. The van der Waals surface area contributed by atoms with Gasteiger partial charge in [-0.1, -0.05) is 81.4 Å². The third-order valence-electron chi connectivity index (χ3n) is 3.81. The van der Waals surface area contributed by atoms with Gasteiger partial charge in [0.05, 0.1) is 2.74 Å². The summed E-state index contributed by atoms with van der Waals surface area (Å²) in [5, 5.41) is 0.932. The molecule has 0 fully saturated rings. The zero-order valence-corrected chi connectivity index (χ0v) is 14.8. The van der Waals surface area contributed by atoms with Crippen LogP contribution in [0, 0.1) is 12.3 Å². The molecule has 2 heteroatoms. The molecule has 0 saturated carbocycles. The quantitative estimate of drug-likeness (QED) is 0.576. The Bertz CT molecular complexity index is 830. The maximum atomic E-state index is 8.49. The molecule has 2 aromatic carbocycles. The molecule has 0 bridgehead atoms. The Balaban J connectivity index is 2.81. The summed E-state index contributed by atoms with van der Waals surface area (Å²) in [5.74, 6) is 1.75. The standard InChI is InChI=1S/C21H26OSi/c1-5-6-13-18-22-23(21(2,3)4,19-14-9-7-10-15-19)20-16-11-8-12-17-20/h1,7-12,14-17H,6,13,18H2,2-4H3/i6D2,13D2,18D2. The lowest BCUT2D eigenvalue weighted by molar-refractivity contribution is 0.293. The van der Waals surface area contributed by atoms with Crippen LogP contribution in [0.2, 0.25) is 5.04 Å². The summed E-state index contributed by atoms with van der Waals surface area (Å²) >= 11 is 0. The zero-order valence-electron chi connectivity index (χ0n) is 19.8. The highest BCUT2D eigenvalue weighted by Gasteiger charge is 2.49. The predicted molar refractivity (Wildman–Crippen MR) is 102 cm³/mol. The summed E-state index contributed by atoms with van der Waals surface area (Å²) in [4.78, 5) is 0. The van der Waals surface area contributed by atoms with Crippen molar-refractivity contribution in [2.75, 3.05) is 6.56 Å². The molecule has 0 amide bonds. The lowest BCUT2D eigenvalue weighted by atomic mass is 10.2. The minimum atomic E-state index is -3.44. The summed E-state index contributed by atoms with van der Waals surface area (Å²) in [7, 11) is -3.44. The van der Waals surface area contributed by atoms with Crippen molar-refractivity contribution in [2.24, 2.45) is 0 Å². The second-order valence-corrected chi connectivity index (χ2v) is 10.5. The number of benzene rings is 2. The van der Waals surface area contributed by atoms with Crippen molar-refractivity contribution in [3.63, 3.8) is 0 Å². The van der Waals surface area contributed by atoms with E-state index in [0.717, 1.165) is 10.4 Å². The van der Waals surface area contributed by atoms with Crippen LogP contribution in [-0.2, 0) is 4.43 Å². The van der Waals surface area contributed by atoms with Gasteiger partial charge in [0.2, 0.25) is 0 Å². The van der Waals surface area contributed by atoms with Crippen LogP contribution in [0.4, 0.5) is 0 Å². The van der Waals surface area contributed by atoms with Gasteiger partial charge in [-0.3, -0.25) is 0 Å². The van der Waals surface area contributed by atoms with E-state index in [1.807, 2.05) is 81.4 Å². The Kier molecular flexibility index (Phi) is 3.60. The first kappa shape index (κ1) is 10.9. The summed E-state index contributed by atoms with van der Waals surface area (Å²) in [6.45, 7) is 2.80. The van der Waals surface area contributed by atoms with Gasteiger partial charge < -0.3 is 4.43 Å². The fraction of sp³-hybridized carbons (Fsp3) is 0.333. The van der Waals surface area contributed by atoms with Gasteiger partial charge in [0, 0.05) is 18.4 Å². The highest BCUT2D eigenvalue weighted by atomic mass is 28.4. The van der Waals surface area contributed by atoms with Crippen molar-refractivity contribution in [1.82, 2.24) is 0 Å². The van der Waals surface area contributed by atoms with Gasteiger partial charge in [-0.2, -0.15) is 0 Å². The van der Waals surface area contributed by atoms with Crippen LogP contribution in [0.1, 0.15) is 41.7 Å². The van der Waals surface area contributed by atoms with E-state index in [9.17, 15) is 0 Å². The fourth-order valence-electron chi connectivity index (χ4n) is 2.81. The van der Waals surface area contributed by atoms with E-state index >= 15 is 0 Å². The van der Waals surface area contributed by atoms with E-state index < -0.39 is 32.7 Å². The van der Waals surface area contributed by atoms with E-state index in [4.69, 9.17) is 19.1 Å². The maximum Gasteiger partial charge on any atom is 0.261 e. The summed E-state index contributed by atoms with van der Waals surface area (Å²) < 4.78 is 55.3. The Morgan fingerprint density at radius 2 is 1.48 bits per heavy atom. The minimum absolute atomic E-state index is 0.595. The second kappa shape index (κ2) is 7.63. The molecule has 0 aromatic heterocycles. The molecule has 120 valence electrons. The largest absolute Gasteiger partial charge is 0.407 e. The van der Waals surface area contributed by atoms with Gasteiger partial charge in [-0.25, -0.2) is 0 Å². The van der Waals surface area contributed by atoms with Crippen LogP contribution in [0.25, 0.3) is 0 Å². The Morgan fingerprint density at radius 3 is 1.87 bits per heavy atom. The Hall–Kier alpha value is -1.82. The molecule has 0 aliphatic heterocycles. The molecule has 0 saturated heterocycles. The molecule has 0 aliphatic carbocycles. The number of terminal acetylenes is 1. The van der Waals surface area contributed by atoms with Crippen LogP contribution in [0.15, 0.2) is 60.7 Å². The van der Waals surface area contributed by atoms with Gasteiger partial charge in [-0.15, -0.1) is 12.3 Å². The summed E-state index contributed by atoms with van der Waals surface area (Å²) in [6.07, 6.45) is -0.756. The molecular formula is C21H26OSi. The van der Waals surface area contributed by atoms with E-state index in [-0.39, 0.29) is 0 Å². The average Bonchev–Trinajstić information content (AvgIpc) is 2.66. The summed E-state index contributed by atoms with van der Waals surface area (Å²) in [6, 6.07) is 18.4. The van der Waals surface area contributed by atoms with E-state index in [0.29, 0.717) is 0 Å². The van der Waals surface area contributed by atoms with Crippen LogP contribution >= 0.6 is 0 Å². The highest BCUT2D eigenvalue weighted by Crippen LogP contribution is 2.36. The molecule has 0 radical (unpaired) electrons. The van der Waals surface area contributed by atoms with Crippen LogP contribution in [0.5, 0.6) is 0 Å². The van der Waals surface area contributed by atoms with Gasteiger partial charge >= 0.3 is 0 Å². The molecule has 0 heterocycles. The zero-order chi connectivity index (χ0) is 22.1. The van der Waals surface area contributed by atoms with Crippen molar-refractivity contribution >= 4 is 18.7 Å². The van der Waals surface area contributed by atoms with Gasteiger partial charge in [0.1, 0.15) is 0 Å². The first-order valence-corrected chi connectivity index (χ1v) is 9.43. The second-order valence-electron chi connectivity index (χ2n) is 6.26. The average molecular weight is 329 g/mol. The van der Waals surface area contributed by atoms with Gasteiger partial charge in [0.15, 0.2) is 0 Å². The van der Waals surface area contributed by atoms with E-state index in [2.05, 4.69) is 0 Å². The van der Waals surface area contributed by atoms with E-state index in [1.165, 1.54) is 0 Å². The van der Waals surface area contributed by atoms with Crippen molar-refractivity contribution in [3.8, 4) is 12.3 Å². The predicted octanol–water partition coefficient (Wildman–Crippen LogP) is 3.98. The Labute approximate surface area is 150 Å². The molecule has 1 nitrogen and oxygen atoms in total. The third-order valence-corrected chi connectivity index (χ3v) is 8.62. The van der Waals surface area contributed by atoms with Gasteiger partial charge in [0.25, 0.3) is 8.32 Å². The molecular weight excluding hydrogens is 296 g/mol. The van der Waals surface area contributed by atoms with Crippen molar-refractivity contribution in [1.29, 1.82) is 0 Å². The highest BCUT2D eigenvalue weighted by molar-refractivity contribution is 6.99. The number of rotatable bonds is 6. The molecule has 0 atom stereocenters. The molecule has 2 aromatic rings. The monoisotopic (exact) mass is 328 g/mol. The summed E-state index contributed by atoms with van der Waals surface area (Å²) in [5.41, 5.74) is 0. The van der Waals surface area contributed by atoms with Crippen LogP contribution in [-0.4, -0.2) is 14.9 Å². The molecule has 0 unspecified atom stereocenters. The fourth-order valence-corrected chi connectivity index (χ4v) is 6.95. The topological polar surface area (TPSA) is 9.23 Å². The number of hydrogen-bond donors (Lipinski definition) is 0. The molecule has 0 spiro atoms. The van der Waals surface area contributed by atoms with E-state index in [1.54, 1.807) is 5.92 Å². The SMILES string of the molecule is [2H]C([2H])(C#C)C([2H])([2H])C([2H])([2H])O[Si](c1ccccc1)(c1ccccc1)C(C)(C)C. The van der Waals surface area contributed by atoms with Crippen LogP contribution < -0.4 is 10.4 Å². The first-order valence-electron chi connectivity index (χ1n) is 10.5. The molecule has 2 rings (SSSR count). The smallest absolute Gasteiger partial charge is 0.261 e. The number of hydrogen-bond acceptors (Lipinski definition) is 1. The van der Waals surface area contributed by atoms with Crippen molar-refractivity contribution in [3.05, 3.63) is 60.7 Å². The Morgan fingerprint density at radius 1 is 1.00 bits per heavy atom. The normalized spacial score (nSPS) is 17.7. The lowest BCUT2D eigenvalue weighted by Crippen LogP contribution is -2.66. The minimum Gasteiger partial charge on any atom is -0.407 e. The van der Waals surface area contributed by atoms with Crippen molar-refractivity contribution < 1.29 is 12.7 Å².